The molecule has 0 unspecified atom stereocenters. The zero-order valence-electron chi connectivity index (χ0n) is 15.8. The van der Waals surface area contributed by atoms with Gasteiger partial charge in [-0.2, -0.15) is 0 Å². The first-order valence-electron chi connectivity index (χ1n) is 9.10. The highest BCUT2D eigenvalue weighted by Crippen LogP contribution is 2.06. The molecule has 3 aromatic rings. The van der Waals surface area contributed by atoms with Crippen molar-refractivity contribution in [2.24, 2.45) is 19.8 Å². The molecule has 0 spiro atoms. The molecule has 2 aromatic heterocycles. The summed E-state index contributed by atoms with van der Waals surface area (Å²) in [7, 11) is 3.12. The summed E-state index contributed by atoms with van der Waals surface area (Å²) in [6.45, 7) is 3.62. The zero-order chi connectivity index (χ0) is 19.4. The van der Waals surface area contributed by atoms with Gasteiger partial charge in [-0.05, 0) is 12.0 Å². The Bertz CT molecular complexity index is 1020. The Hall–Kier alpha value is -2.71. The van der Waals surface area contributed by atoms with Gasteiger partial charge >= 0.3 is 5.69 Å². The minimum atomic E-state index is -0.370. The van der Waals surface area contributed by atoms with Gasteiger partial charge in [0.15, 0.2) is 11.2 Å². The molecule has 0 saturated carbocycles. The molecule has 0 bridgehead atoms. The van der Waals surface area contributed by atoms with Crippen LogP contribution < -0.4 is 17.0 Å². The van der Waals surface area contributed by atoms with Gasteiger partial charge in [0.05, 0.1) is 6.33 Å². The fourth-order valence-corrected chi connectivity index (χ4v) is 3.27. The highest BCUT2D eigenvalue weighted by molar-refractivity contribution is 5.69. The normalized spacial score (nSPS) is 11.6. The predicted octanol–water partition coefficient (Wildman–Crippen LogP) is -0.0629. The third-order valence-corrected chi connectivity index (χ3v) is 4.88. The van der Waals surface area contributed by atoms with Crippen molar-refractivity contribution in [3.63, 3.8) is 0 Å². The van der Waals surface area contributed by atoms with Crippen LogP contribution in [0.2, 0.25) is 0 Å². The van der Waals surface area contributed by atoms with Crippen LogP contribution in [-0.4, -0.2) is 49.8 Å². The van der Waals surface area contributed by atoms with Crippen LogP contribution in [0, 0.1) is 0 Å². The standard InChI is InChI=1S/C19H26N6O2/c1-22-17-16(18(26)23(2)19(22)27)25(14-21-17)13-12-24(11-9-20)10-8-15-6-4-3-5-7-15/h3-7,14H,8-13,20H2,1-2H3. The summed E-state index contributed by atoms with van der Waals surface area (Å²) in [4.78, 5) is 31.1. The maximum absolute atomic E-state index is 12.5. The van der Waals surface area contributed by atoms with E-state index >= 15 is 0 Å². The second-order valence-corrected chi connectivity index (χ2v) is 6.68. The molecule has 8 nitrogen and oxygen atoms in total. The van der Waals surface area contributed by atoms with Crippen LogP contribution in [0.5, 0.6) is 0 Å². The molecular weight excluding hydrogens is 344 g/mol. The summed E-state index contributed by atoms with van der Waals surface area (Å²) in [6.07, 6.45) is 2.57. The molecule has 144 valence electrons. The van der Waals surface area contributed by atoms with Crippen molar-refractivity contribution in [1.29, 1.82) is 0 Å². The van der Waals surface area contributed by atoms with Gasteiger partial charge in [0.1, 0.15) is 0 Å². The van der Waals surface area contributed by atoms with E-state index < -0.39 is 0 Å². The van der Waals surface area contributed by atoms with Crippen molar-refractivity contribution in [1.82, 2.24) is 23.6 Å². The lowest BCUT2D eigenvalue weighted by molar-refractivity contribution is 0.274. The molecule has 2 N–H and O–H groups in total. The fraction of sp³-hybridized carbons (Fsp3) is 0.421. The Morgan fingerprint density at radius 2 is 1.78 bits per heavy atom. The monoisotopic (exact) mass is 370 g/mol. The number of nitrogens with zero attached hydrogens (tertiary/aromatic N) is 5. The molecule has 0 aliphatic rings. The molecule has 0 amide bonds. The van der Waals surface area contributed by atoms with Crippen LogP contribution in [0.1, 0.15) is 5.56 Å². The maximum atomic E-state index is 12.5. The number of nitrogens with two attached hydrogens (primary N) is 1. The molecule has 27 heavy (non-hydrogen) atoms. The van der Waals surface area contributed by atoms with E-state index in [1.54, 1.807) is 13.4 Å². The Balaban J connectivity index is 1.76. The lowest BCUT2D eigenvalue weighted by atomic mass is 10.1. The highest BCUT2D eigenvalue weighted by atomic mass is 16.2. The molecule has 0 atom stereocenters. The maximum Gasteiger partial charge on any atom is 0.332 e. The van der Waals surface area contributed by atoms with Gasteiger partial charge in [0.25, 0.3) is 5.56 Å². The Kier molecular flexibility index (Phi) is 5.88. The van der Waals surface area contributed by atoms with Crippen LogP contribution in [0.25, 0.3) is 11.2 Å². The molecule has 0 aliphatic heterocycles. The highest BCUT2D eigenvalue weighted by Gasteiger charge is 2.15. The number of aromatic nitrogens is 4. The van der Waals surface area contributed by atoms with E-state index in [0.29, 0.717) is 24.3 Å². The van der Waals surface area contributed by atoms with Gasteiger partial charge in [0, 0.05) is 46.8 Å². The minimum absolute atomic E-state index is 0.319. The number of fused-ring (bicyclic) bond motifs is 1. The third kappa shape index (κ3) is 4.01. The number of rotatable bonds is 8. The fourth-order valence-electron chi connectivity index (χ4n) is 3.27. The summed E-state index contributed by atoms with van der Waals surface area (Å²) in [6, 6.07) is 10.3. The predicted molar refractivity (Wildman–Crippen MR) is 106 cm³/mol. The first-order chi connectivity index (χ1) is 13.0. The van der Waals surface area contributed by atoms with E-state index in [4.69, 9.17) is 5.73 Å². The van der Waals surface area contributed by atoms with Crippen molar-refractivity contribution in [2.75, 3.05) is 26.2 Å². The summed E-state index contributed by atoms with van der Waals surface area (Å²) < 4.78 is 4.34. The average Bonchev–Trinajstić information content (AvgIpc) is 3.12. The molecule has 0 aliphatic carbocycles. The summed E-state index contributed by atoms with van der Waals surface area (Å²) in [5, 5.41) is 0. The Morgan fingerprint density at radius 1 is 1.04 bits per heavy atom. The van der Waals surface area contributed by atoms with Gasteiger partial charge in [-0.25, -0.2) is 9.78 Å². The lowest BCUT2D eigenvalue weighted by Crippen LogP contribution is -2.38. The summed E-state index contributed by atoms with van der Waals surface area (Å²) in [5.41, 5.74) is 7.23. The summed E-state index contributed by atoms with van der Waals surface area (Å²) >= 11 is 0. The van der Waals surface area contributed by atoms with Crippen molar-refractivity contribution >= 4 is 11.2 Å². The van der Waals surface area contributed by atoms with Crippen molar-refractivity contribution < 1.29 is 0 Å². The molecular formula is C19H26N6O2. The van der Waals surface area contributed by atoms with Crippen LogP contribution >= 0.6 is 0 Å². The lowest BCUT2D eigenvalue weighted by Gasteiger charge is -2.22. The molecule has 0 radical (unpaired) electrons. The largest absolute Gasteiger partial charge is 0.332 e. The molecule has 0 fully saturated rings. The topological polar surface area (TPSA) is 91.1 Å². The number of hydrogen-bond donors (Lipinski definition) is 1. The SMILES string of the molecule is Cn1c(=O)c2c(ncn2CCN(CCN)CCc2ccccc2)n(C)c1=O. The number of aryl methyl sites for hydroxylation is 1. The van der Waals surface area contributed by atoms with Gasteiger partial charge < -0.3 is 10.3 Å². The van der Waals surface area contributed by atoms with Crippen LogP contribution in [0.15, 0.2) is 46.2 Å². The van der Waals surface area contributed by atoms with E-state index in [0.717, 1.165) is 30.6 Å². The molecule has 0 saturated heterocycles. The van der Waals surface area contributed by atoms with E-state index in [9.17, 15) is 9.59 Å². The smallest absolute Gasteiger partial charge is 0.329 e. The first-order valence-corrected chi connectivity index (χ1v) is 9.10. The molecule has 2 heterocycles. The molecule has 1 aromatic carbocycles. The van der Waals surface area contributed by atoms with Crippen molar-refractivity contribution in [3.05, 3.63) is 63.1 Å². The molecule has 3 rings (SSSR count). The van der Waals surface area contributed by atoms with Gasteiger partial charge in [-0.1, -0.05) is 30.3 Å². The second kappa shape index (κ2) is 8.32. The first kappa shape index (κ1) is 19.1. The number of benzene rings is 1. The van der Waals surface area contributed by atoms with E-state index in [1.165, 1.54) is 17.2 Å². The minimum Gasteiger partial charge on any atom is -0.329 e. The van der Waals surface area contributed by atoms with Crippen LogP contribution in [0.4, 0.5) is 0 Å². The van der Waals surface area contributed by atoms with E-state index in [2.05, 4.69) is 22.0 Å². The number of hydrogen-bond acceptors (Lipinski definition) is 5. The summed E-state index contributed by atoms with van der Waals surface area (Å²) in [5.74, 6) is 0. The molecule has 8 heteroatoms. The van der Waals surface area contributed by atoms with Gasteiger partial charge in [-0.15, -0.1) is 0 Å². The van der Waals surface area contributed by atoms with E-state index in [-0.39, 0.29) is 11.2 Å². The van der Waals surface area contributed by atoms with Crippen LogP contribution in [0.3, 0.4) is 0 Å². The third-order valence-electron chi connectivity index (χ3n) is 4.88. The average molecular weight is 370 g/mol. The van der Waals surface area contributed by atoms with Gasteiger partial charge in [0.2, 0.25) is 0 Å². The van der Waals surface area contributed by atoms with Crippen molar-refractivity contribution in [2.45, 2.75) is 13.0 Å². The van der Waals surface area contributed by atoms with Crippen LogP contribution in [-0.2, 0) is 27.1 Å². The Morgan fingerprint density at radius 3 is 2.48 bits per heavy atom. The Labute approximate surface area is 157 Å². The van der Waals surface area contributed by atoms with Gasteiger partial charge in [-0.3, -0.25) is 18.8 Å². The second-order valence-electron chi connectivity index (χ2n) is 6.68. The quantitative estimate of drug-likeness (QED) is 0.600. The zero-order valence-corrected chi connectivity index (χ0v) is 15.8. The number of imidazole rings is 1. The van der Waals surface area contributed by atoms with E-state index in [1.807, 2.05) is 22.8 Å². The van der Waals surface area contributed by atoms with Crippen molar-refractivity contribution in [3.8, 4) is 0 Å².